The molecule has 0 radical (unpaired) electrons. The molecule has 2 aromatic carbocycles. The number of pyridine rings is 1. The van der Waals surface area contributed by atoms with Crippen LogP contribution in [0.5, 0.6) is 5.75 Å². The zero-order valence-electron chi connectivity index (χ0n) is 16.2. The van der Waals surface area contributed by atoms with Crippen molar-refractivity contribution in [3.8, 4) is 5.75 Å². The van der Waals surface area contributed by atoms with Crippen LogP contribution in [-0.2, 0) is 13.1 Å². The van der Waals surface area contributed by atoms with Crippen LogP contribution in [0.15, 0.2) is 65.8 Å². The zero-order valence-corrected chi connectivity index (χ0v) is 16.2. The Bertz CT molecular complexity index is 960. The van der Waals surface area contributed by atoms with Crippen LogP contribution in [0.2, 0.25) is 0 Å². The third-order valence-corrected chi connectivity index (χ3v) is 5.00. The Morgan fingerprint density at radius 3 is 2.57 bits per heavy atom. The number of para-hydroxylation sites is 2. The SMILES string of the molecule is CN=C(NCc1ccccc1OCC1CC1)NCc1ccnc2ccccc12. The van der Waals surface area contributed by atoms with E-state index in [1.54, 1.807) is 7.05 Å². The van der Waals surface area contributed by atoms with Gasteiger partial charge in [0.05, 0.1) is 12.1 Å². The lowest BCUT2D eigenvalue weighted by Crippen LogP contribution is -2.36. The van der Waals surface area contributed by atoms with E-state index in [1.165, 1.54) is 18.4 Å². The van der Waals surface area contributed by atoms with Crippen molar-refractivity contribution in [2.75, 3.05) is 13.7 Å². The summed E-state index contributed by atoms with van der Waals surface area (Å²) in [5, 5.41) is 7.95. The summed E-state index contributed by atoms with van der Waals surface area (Å²) < 4.78 is 6.00. The highest BCUT2D eigenvalue weighted by molar-refractivity contribution is 5.83. The molecule has 1 aromatic heterocycles. The van der Waals surface area contributed by atoms with Crippen molar-refractivity contribution in [2.24, 2.45) is 10.9 Å². The molecule has 5 nitrogen and oxygen atoms in total. The molecule has 0 amide bonds. The second-order valence-electron chi connectivity index (χ2n) is 7.13. The van der Waals surface area contributed by atoms with Crippen LogP contribution in [0.1, 0.15) is 24.0 Å². The minimum Gasteiger partial charge on any atom is -0.493 e. The Kier molecular flexibility index (Phi) is 5.71. The fraction of sp³-hybridized carbons (Fsp3) is 0.304. The molecule has 3 aromatic rings. The number of fused-ring (bicyclic) bond motifs is 1. The van der Waals surface area contributed by atoms with Gasteiger partial charge < -0.3 is 15.4 Å². The first-order valence-electron chi connectivity index (χ1n) is 9.81. The van der Waals surface area contributed by atoms with Gasteiger partial charge in [0.25, 0.3) is 0 Å². The molecule has 0 bridgehead atoms. The molecule has 0 aliphatic heterocycles. The molecule has 2 N–H and O–H groups in total. The van der Waals surface area contributed by atoms with Gasteiger partial charge in [-0.3, -0.25) is 9.98 Å². The number of nitrogens with one attached hydrogen (secondary N) is 2. The highest BCUT2D eigenvalue weighted by atomic mass is 16.5. The smallest absolute Gasteiger partial charge is 0.191 e. The van der Waals surface area contributed by atoms with Crippen molar-refractivity contribution in [1.29, 1.82) is 0 Å². The van der Waals surface area contributed by atoms with Gasteiger partial charge in [0, 0.05) is 37.3 Å². The van der Waals surface area contributed by atoms with E-state index in [1.807, 2.05) is 48.7 Å². The van der Waals surface area contributed by atoms with Crippen LogP contribution in [0.4, 0.5) is 0 Å². The fourth-order valence-electron chi connectivity index (χ4n) is 3.17. The van der Waals surface area contributed by atoms with Crippen molar-refractivity contribution in [3.05, 3.63) is 71.9 Å². The number of ether oxygens (including phenoxy) is 1. The van der Waals surface area contributed by atoms with Crippen LogP contribution >= 0.6 is 0 Å². The average molecular weight is 374 g/mol. The molecule has 5 heteroatoms. The van der Waals surface area contributed by atoms with Gasteiger partial charge in [-0.25, -0.2) is 0 Å². The molecule has 0 saturated heterocycles. The van der Waals surface area contributed by atoms with E-state index in [2.05, 4.69) is 32.7 Å². The highest BCUT2D eigenvalue weighted by Gasteiger charge is 2.22. The molecule has 0 unspecified atom stereocenters. The Labute approximate surface area is 165 Å². The fourth-order valence-corrected chi connectivity index (χ4v) is 3.17. The number of nitrogens with zero attached hydrogens (tertiary/aromatic N) is 2. The number of hydrogen-bond donors (Lipinski definition) is 2. The second-order valence-corrected chi connectivity index (χ2v) is 7.13. The van der Waals surface area contributed by atoms with Crippen molar-refractivity contribution >= 4 is 16.9 Å². The van der Waals surface area contributed by atoms with Gasteiger partial charge in [0.15, 0.2) is 5.96 Å². The standard InChI is InChI=1S/C23H26N4O/c1-24-23(26-14-18-12-13-25-21-8-4-3-7-20(18)21)27-15-19-6-2-5-9-22(19)28-16-17-10-11-17/h2-9,12-13,17H,10-11,14-16H2,1H3,(H2,24,26,27). The summed E-state index contributed by atoms with van der Waals surface area (Å²) >= 11 is 0. The summed E-state index contributed by atoms with van der Waals surface area (Å²) in [6.07, 6.45) is 4.43. The van der Waals surface area contributed by atoms with Crippen LogP contribution < -0.4 is 15.4 Å². The van der Waals surface area contributed by atoms with E-state index in [4.69, 9.17) is 4.74 Å². The van der Waals surface area contributed by atoms with Gasteiger partial charge in [0.2, 0.25) is 0 Å². The number of aliphatic imine (C=N–C) groups is 1. The van der Waals surface area contributed by atoms with Gasteiger partial charge in [-0.2, -0.15) is 0 Å². The summed E-state index contributed by atoms with van der Waals surface area (Å²) in [5.41, 5.74) is 3.34. The van der Waals surface area contributed by atoms with Crippen LogP contribution in [-0.4, -0.2) is 24.6 Å². The molecule has 0 spiro atoms. The Balaban J connectivity index is 1.36. The summed E-state index contributed by atoms with van der Waals surface area (Å²) in [6, 6.07) is 18.4. The number of hydrogen-bond acceptors (Lipinski definition) is 3. The van der Waals surface area contributed by atoms with E-state index in [-0.39, 0.29) is 0 Å². The zero-order chi connectivity index (χ0) is 19.2. The van der Waals surface area contributed by atoms with E-state index < -0.39 is 0 Å². The lowest BCUT2D eigenvalue weighted by Gasteiger charge is -2.15. The third-order valence-electron chi connectivity index (χ3n) is 5.00. The molecule has 1 heterocycles. The van der Waals surface area contributed by atoms with Gasteiger partial charge in [0.1, 0.15) is 5.75 Å². The maximum Gasteiger partial charge on any atom is 0.191 e. The monoisotopic (exact) mass is 374 g/mol. The van der Waals surface area contributed by atoms with Gasteiger partial charge >= 0.3 is 0 Å². The molecule has 4 rings (SSSR count). The van der Waals surface area contributed by atoms with Crippen molar-refractivity contribution in [3.63, 3.8) is 0 Å². The normalized spacial score (nSPS) is 14.1. The van der Waals surface area contributed by atoms with Crippen LogP contribution in [0.3, 0.4) is 0 Å². The molecular weight excluding hydrogens is 348 g/mol. The second kappa shape index (κ2) is 8.74. The largest absolute Gasteiger partial charge is 0.493 e. The van der Waals surface area contributed by atoms with Gasteiger partial charge in [-0.15, -0.1) is 0 Å². The lowest BCUT2D eigenvalue weighted by atomic mass is 10.1. The maximum absolute atomic E-state index is 6.00. The predicted molar refractivity (Wildman–Crippen MR) is 113 cm³/mol. The van der Waals surface area contributed by atoms with E-state index >= 15 is 0 Å². The van der Waals surface area contributed by atoms with Crippen molar-refractivity contribution < 1.29 is 4.74 Å². The third kappa shape index (κ3) is 4.60. The van der Waals surface area contributed by atoms with E-state index in [0.29, 0.717) is 13.1 Å². The lowest BCUT2D eigenvalue weighted by molar-refractivity contribution is 0.296. The summed E-state index contributed by atoms with van der Waals surface area (Å²) in [4.78, 5) is 8.77. The molecule has 0 atom stereocenters. The van der Waals surface area contributed by atoms with E-state index in [9.17, 15) is 0 Å². The van der Waals surface area contributed by atoms with Crippen LogP contribution in [0, 0.1) is 5.92 Å². The topological polar surface area (TPSA) is 58.5 Å². The highest BCUT2D eigenvalue weighted by Crippen LogP contribution is 2.30. The molecule has 1 aliphatic carbocycles. The minimum atomic E-state index is 0.664. The first kappa shape index (κ1) is 18.3. The number of rotatable bonds is 7. The molecule has 1 fully saturated rings. The quantitative estimate of drug-likeness (QED) is 0.487. The number of aromatic nitrogens is 1. The van der Waals surface area contributed by atoms with Crippen molar-refractivity contribution in [1.82, 2.24) is 15.6 Å². The van der Waals surface area contributed by atoms with Crippen molar-refractivity contribution in [2.45, 2.75) is 25.9 Å². The Morgan fingerprint density at radius 1 is 1.00 bits per heavy atom. The first-order chi connectivity index (χ1) is 13.8. The first-order valence-corrected chi connectivity index (χ1v) is 9.81. The number of guanidine groups is 1. The average Bonchev–Trinajstić information content (AvgIpc) is 3.57. The summed E-state index contributed by atoms with van der Waals surface area (Å²) in [6.45, 7) is 2.17. The number of benzene rings is 2. The molecule has 144 valence electrons. The summed E-state index contributed by atoms with van der Waals surface area (Å²) in [7, 11) is 1.79. The van der Waals surface area contributed by atoms with Gasteiger partial charge in [-0.05, 0) is 42.5 Å². The molecule has 28 heavy (non-hydrogen) atoms. The van der Waals surface area contributed by atoms with Gasteiger partial charge in [-0.1, -0.05) is 36.4 Å². The van der Waals surface area contributed by atoms with E-state index in [0.717, 1.165) is 40.7 Å². The maximum atomic E-state index is 6.00. The molecule has 1 saturated carbocycles. The summed E-state index contributed by atoms with van der Waals surface area (Å²) in [5.74, 6) is 2.46. The molecule has 1 aliphatic rings. The molecular formula is C23H26N4O. The Hall–Kier alpha value is -3.08. The predicted octanol–water partition coefficient (Wildman–Crippen LogP) is 3.89. The Morgan fingerprint density at radius 2 is 1.75 bits per heavy atom. The minimum absolute atomic E-state index is 0.664. The van der Waals surface area contributed by atoms with Crippen LogP contribution in [0.25, 0.3) is 10.9 Å².